The molecule has 3 aromatic rings. The molecule has 4 rings (SSSR count). The van der Waals surface area contributed by atoms with Crippen molar-refractivity contribution < 1.29 is 9.59 Å². The lowest BCUT2D eigenvalue weighted by atomic mass is 9.91. The fraction of sp³-hybridized carbons (Fsp3) is 0.296. The third-order valence-corrected chi connectivity index (χ3v) is 6.14. The molecule has 1 aliphatic heterocycles. The molecule has 0 spiro atoms. The zero-order valence-corrected chi connectivity index (χ0v) is 18.9. The summed E-state index contributed by atoms with van der Waals surface area (Å²) in [7, 11) is 0. The number of carbonyl (C=O) groups is 2. The molecule has 0 saturated carbocycles. The number of nitrogens with one attached hydrogen (secondary N) is 1. The van der Waals surface area contributed by atoms with Crippen molar-refractivity contribution >= 4 is 11.8 Å². The Kier molecular flexibility index (Phi) is 7.03. The van der Waals surface area contributed by atoms with Gasteiger partial charge in [0.1, 0.15) is 5.56 Å². The van der Waals surface area contributed by atoms with Crippen molar-refractivity contribution in [3.63, 3.8) is 0 Å². The molecule has 6 heteroatoms. The SMILES string of the molecule is CCCN1CCN(C(=O)c2ccc[nH]c2=O)CC(Cc2ccccc2-c2ccccc2)C1=O. The van der Waals surface area contributed by atoms with Crippen LogP contribution >= 0.6 is 0 Å². The van der Waals surface area contributed by atoms with Gasteiger partial charge in [0.05, 0.1) is 5.92 Å². The van der Waals surface area contributed by atoms with E-state index in [1.54, 1.807) is 11.0 Å². The Labute approximate surface area is 193 Å². The normalized spacial score (nSPS) is 16.5. The highest BCUT2D eigenvalue weighted by Gasteiger charge is 2.33. The highest BCUT2D eigenvalue weighted by atomic mass is 16.2. The first kappa shape index (κ1) is 22.5. The second-order valence-electron chi connectivity index (χ2n) is 8.41. The predicted molar refractivity (Wildman–Crippen MR) is 129 cm³/mol. The molecule has 33 heavy (non-hydrogen) atoms. The molecule has 0 radical (unpaired) electrons. The lowest BCUT2D eigenvalue weighted by molar-refractivity contribution is -0.134. The van der Waals surface area contributed by atoms with Crippen LogP contribution in [0.2, 0.25) is 0 Å². The van der Waals surface area contributed by atoms with Gasteiger partial charge in [-0.25, -0.2) is 0 Å². The van der Waals surface area contributed by atoms with Crippen LogP contribution in [0.25, 0.3) is 11.1 Å². The van der Waals surface area contributed by atoms with E-state index in [9.17, 15) is 14.4 Å². The van der Waals surface area contributed by atoms with Crippen molar-refractivity contribution in [2.75, 3.05) is 26.2 Å². The number of pyridine rings is 1. The van der Waals surface area contributed by atoms with E-state index in [0.29, 0.717) is 26.1 Å². The van der Waals surface area contributed by atoms with Crippen LogP contribution < -0.4 is 5.56 Å². The van der Waals surface area contributed by atoms with Crippen LogP contribution in [0.1, 0.15) is 29.3 Å². The van der Waals surface area contributed by atoms with Crippen molar-refractivity contribution in [2.45, 2.75) is 19.8 Å². The number of rotatable bonds is 6. The van der Waals surface area contributed by atoms with Crippen molar-refractivity contribution in [3.05, 3.63) is 94.4 Å². The highest BCUT2D eigenvalue weighted by molar-refractivity contribution is 5.94. The fourth-order valence-corrected chi connectivity index (χ4v) is 4.50. The number of aromatic amines is 1. The molecule has 1 saturated heterocycles. The topological polar surface area (TPSA) is 73.5 Å². The van der Waals surface area contributed by atoms with Crippen molar-refractivity contribution in [3.8, 4) is 11.1 Å². The molecule has 6 nitrogen and oxygen atoms in total. The van der Waals surface area contributed by atoms with E-state index in [-0.39, 0.29) is 29.8 Å². The van der Waals surface area contributed by atoms with Gasteiger partial charge in [-0.15, -0.1) is 0 Å². The Morgan fingerprint density at radius 2 is 1.73 bits per heavy atom. The van der Waals surface area contributed by atoms with E-state index in [1.807, 2.05) is 42.2 Å². The molecule has 1 atom stereocenters. The number of nitrogens with zero attached hydrogens (tertiary/aromatic N) is 2. The van der Waals surface area contributed by atoms with Crippen molar-refractivity contribution in [2.24, 2.45) is 5.92 Å². The summed E-state index contributed by atoms with van der Waals surface area (Å²) in [5.74, 6) is -0.642. The summed E-state index contributed by atoms with van der Waals surface area (Å²) in [5, 5.41) is 0. The van der Waals surface area contributed by atoms with E-state index in [4.69, 9.17) is 0 Å². The van der Waals surface area contributed by atoms with E-state index in [1.165, 1.54) is 12.3 Å². The molecule has 170 valence electrons. The minimum Gasteiger partial charge on any atom is -0.341 e. The summed E-state index contributed by atoms with van der Waals surface area (Å²) >= 11 is 0. The summed E-state index contributed by atoms with van der Waals surface area (Å²) in [5.41, 5.74) is 2.97. The third-order valence-electron chi connectivity index (χ3n) is 6.14. The van der Waals surface area contributed by atoms with Crippen molar-refractivity contribution in [1.82, 2.24) is 14.8 Å². The lowest BCUT2D eigenvalue weighted by Crippen LogP contribution is -2.39. The standard InChI is InChI=1S/C27H29N3O3/c1-2-15-29-16-17-30(27(33)24-13-8-14-28-25(24)31)19-22(26(29)32)18-21-11-6-7-12-23(21)20-9-4-3-5-10-20/h3-14,22H,2,15-19H2,1H3,(H,28,31). The maximum atomic E-state index is 13.5. The summed E-state index contributed by atoms with van der Waals surface area (Å²) in [6.45, 7) is 3.87. The molecule has 1 aliphatic rings. The first-order chi connectivity index (χ1) is 16.1. The summed E-state index contributed by atoms with van der Waals surface area (Å²) in [6, 6.07) is 21.4. The molecular weight excluding hydrogens is 414 g/mol. The zero-order valence-electron chi connectivity index (χ0n) is 18.9. The van der Waals surface area contributed by atoms with Gasteiger partial charge in [0.15, 0.2) is 0 Å². The largest absolute Gasteiger partial charge is 0.341 e. The number of benzene rings is 2. The summed E-state index contributed by atoms with van der Waals surface area (Å²) in [4.78, 5) is 45.0. The average Bonchev–Trinajstić information content (AvgIpc) is 2.99. The molecular formula is C27H29N3O3. The Balaban J connectivity index is 1.65. The van der Waals surface area contributed by atoms with E-state index in [0.717, 1.165) is 23.1 Å². The van der Waals surface area contributed by atoms with E-state index >= 15 is 0 Å². The Morgan fingerprint density at radius 3 is 2.48 bits per heavy atom. The molecule has 2 amide bonds. The molecule has 0 aliphatic carbocycles. The fourth-order valence-electron chi connectivity index (χ4n) is 4.50. The van der Waals surface area contributed by atoms with Crippen LogP contribution in [-0.2, 0) is 11.2 Å². The highest BCUT2D eigenvalue weighted by Crippen LogP contribution is 2.27. The maximum absolute atomic E-state index is 13.5. The molecule has 1 fully saturated rings. The second kappa shape index (κ2) is 10.3. The number of H-pyrrole nitrogens is 1. The number of amides is 2. The van der Waals surface area contributed by atoms with E-state index < -0.39 is 5.56 Å². The van der Waals surface area contributed by atoms with Gasteiger partial charge in [0, 0.05) is 32.4 Å². The van der Waals surface area contributed by atoms with Gasteiger partial charge >= 0.3 is 0 Å². The molecule has 1 unspecified atom stereocenters. The Hall–Kier alpha value is -3.67. The molecule has 2 heterocycles. The minimum absolute atomic E-state index is 0.0667. The Bertz CT molecular complexity index is 1170. The van der Waals surface area contributed by atoms with Crippen molar-refractivity contribution in [1.29, 1.82) is 0 Å². The van der Waals surface area contributed by atoms with Gasteiger partial charge in [-0.3, -0.25) is 14.4 Å². The number of carbonyl (C=O) groups excluding carboxylic acids is 2. The molecule has 0 bridgehead atoms. The van der Waals surface area contributed by atoms with Crippen LogP contribution in [-0.4, -0.2) is 52.8 Å². The van der Waals surface area contributed by atoms with Crippen LogP contribution in [0.15, 0.2) is 77.7 Å². The minimum atomic E-state index is -0.408. The quantitative estimate of drug-likeness (QED) is 0.633. The predicted octanol–water partition coefficient (Wildman–Crippen LogP) is 3.60. The molecule has 1 aromatic heterocycles. The zero-order chi connectivity index (χ0) is 23.2. The van der Waals surface area contributed by atoms with Gasteiger partial charge in [-0.2, -0.15) is 0 Å². The number of hydrogen-bond donors (Lipinski definition) is 1. The smallest absolute Gasteiger partial charge is 0.260 e. The van der Waals surface area contributed by atoms with Crippen LogP contribution in [0.5, 0.6) is 0 Å². The maximum Gasteiger partial charge on any atom is 0.260 e. The van der Waals surface area contributed by atoms with Gasteiger partial charge in [0.2, 0.25) is 5.91 Å². The number of hydrogen-bond acceptors (Lipinski definition) is 3. The third kappa shape index (κ3) is 5.06. The Morgan fingerprint density at radius 1 is 0.970 bits per heavy atom. The van der Waals surface area contributed by atoms with Crippen LogP contribution in [0.3, 0.4) is 0 Å². The first-order valence-corrected chi connectivity index (χ1v) is 11.5. The van der Waals surface area contributed by atoms with Crippen LogP contribution in [0.4, 0.5) is 0 Å². The second-order valence-corrected chi connectivity index (χ2v) is 8.41. The van der Waals surface area contributed by atoms with Gasteiger partial charge in [0.25, 0.3) is 11.5 Å². The van der Waals surface area contributed by atoms with Gasteiger partial charge in [-0.05, 0) is 41.7 Å². The average molecular weight is 444 g/mol. The van der Waals surface area contributed by atoms with Crippen LogP contribution in [0, 0.1) is 5.92 Å². The monoisotopic (exact) mass is 443 g/mol. The first-order valence-electron chi connectivity index (χ1n) is 11.5. The van der Waals surface area contributed by atoms with Gasteiger partial charge < -0.3 is 14.8 Å². The van der Waals surface area contributed by atoms with E-state index in [2.05, 4.69) is 29.2 Å². The molecule has 1 N–H and O–H groups in total. The van der Waals surface area contributed by atoms with Gasteiger partial charge in [-0.1, -0.05) is 61.5 Å². The summed E-state index contributed by atoms with van der Waals surface area (Å²) in [6.07, 6.45) is 2.89. The lowest BCUT2D eigenvalue weighted by Gasteiger charge is -2.24. The summed E-state index contributed by atoms with van der Waals surface area (Å²) < 4.78 is 0. The molecule has 2 aromatic carbocycles. The number of aromatic nitrogens is 1.